The fourth-order valence-corrected chi connectivity index (χ4v) is 3.82. The van der Waals surface area contributed by atoms with Gasteiger partial charge in [-0.05, 0) is 12.1 Å². The molecule has 0 unspecified atom stereocenters. The average molecular weight is 496 g/mol. The highest BCUT2D eigenvalue weighted by molar-refractivity contribution is 9.10. The van der Waals surface area contributed by atoms with Gasteiger partial charge in [0.15, 0.2) is 11.0 Å². The largest absolute Gasteiger partial charge is 0.305 e. The summed E-state index contributed by atoms with van der Waals surface area (Å²) in [5, 5.41) is 20.1. The zero-order chi connectivity index (χ0) is 21.6. The van der Waals surface area contributed by atoms with Crippen LogP contribution < -0.4 is 5.43 Å². The lowest BCUT2D eigenvalue weighted by Crippen LogP contribution is -2.19. The number of thioether (sulfide) groups is 1. The molecule has 2 N–H and O–H groups in total. The first kappa shape index (κ1) is 21.0. The summed E-state index contributed by atoms with van der Waals surface area (Å²) in [5.74, 6) is 0.668. The number of H-pyrrole nitrogens is 1. The van der Waals surface area contributed by atoms with Gasteiger partial charge in [-0.2, -0.15) is 10.2 Å². The Balaban J connectivity index is 1.34. The first-order valence-corrected chi connectivity index (χ1v) is 11.1. The molecule has 31 heavy (non-hydrogen) atoms. The van der Waals surface area contributed by atoms with Crippen LogP contribution >= 0.6 is 27.7 Å². The van der Waals surface area contributed by atoms with Crippen LogP contribution in [0.5, 0.6) is 0 Å². The Morgan fingerprint density at radius 2 is 1.94 bits per heavy atom. The van der Waals surface area contributed by atoms with Gasteiger partial charge in [0.05, 0.1) is 23.9 Å². The number of hydrazone groups is 1. The minimum absolute atomic E-state index is 0.167. The van der Waals surface area contributed by atoms with Gasteiger partial charge < -0.3 is 4.57 Å². The lowest BCUT2D eigenvalue weighted by Gasteiger charge is -2.04. The molecule has 2 aromatic carbocycles. The van der Waals surface area contributed by atoms with Crippen LogP contribution in [0, 0.1) is 0 Å². The number of rotatable bonds is 7. The van der Waals surface area contributed by atoms with Gasteiger partial charge in [0.2, 0.25) is 0 Å². The van der Waals surface area contributed by atoms with E-state index in [2.05, 4.69) is 46.9 Å². The minimum Gasteiger partial charge on any atom is -0.305 e. The van der Waals surface area contributed by atoms with Crippen molar-refractivity contribution in [1.82, 2.24) is 30.4 Å². The van der Waals surface area contributed by atoms with Crippen molar-refractivity contribution in [1.29, 1.82) is 0 Å². The van der Waals surface area contributed by atoms with Gasteiger partial charge in [-0.3, -0.25) is 9.89 Å². The molecule has 0 bridgehead atoms. The third-order valence-corrected chi connectivity index (χ3v) is 5.94. The summed E-state index contributed by atoms with van der Waals surface area (Å²) < 4.78 is 2.86. The summed E-state index contributed by atoms with van der Waals surface area (Å²) in [6.07, 6.45) is 3.23. The number of nitrogens with one attached hydrogen (secondary N) is 2. The van der Waals surface area contributed by atoms with E-state index < -0.39 is 0 Å². The number of carbonyl (C=O) groups excluding carboxylic acids is 1. The van der Waals surface area contributed by atoms with E-state index in [9.17, 15) is 4.79 Å². The zero-order valence-electron chi connectivity index (χ0n) is 16.5. The maximum Gasteiger partial charge on any atom is 0.250 e. The molecule has 0 spiro atoms. The molecular weight excluding hydrogens is 478 g/mol. The quantitative estimate of drug-likeness (QED) is 0.230. The maximum atomic E-state index is 12.2. The summed E-state index contributed by atoms with van der Waals surface area (Å²) in [7, 11) is 1.87. The SMILES string of the molecule is Cn1c(SCC(=O)N/N=C/c2cn[nH]c2-c2ccccc2)nnc1-c1ccc(Br)cc1. The van der Waals surface area contributed by atoms with Crippen molar-refractivity contribution in [3.63, 3.8) is 0 Å². The highest BCUT2D eigenvalue weighted by atomic mass is 79.9. The Labute approximate surface area is 191 Å². The maximum absolute atomic E-state index is 12.2. The molecule has 0 saturated heterocycles. The predicted molar refractivity (Wildman–Crippen MR) is 125 cm³/mol. The highest BCUT2D eigenvalue weighted by Crippen LogP contribution is 2.24. The van der Waals surface area contributed by atoms with Crippen molar-refractivity contribution in [3.05, 3.63) is 70.8 Å². The fraction of sp³-hybridized carbons (Fsp3) is 0.0952. The number of aromatic nitrogens is 5. The van der Waals surface area contributed by atoms with Crippen LogP contribution in [0.25, 0.3) is 22.6 Å². The second-order valence-electron chi connectivity index (χ2n) is 6.52. The number of benzene rings is 2. The summed E-state index contributed by atoms with van der Waals surface area (Å²) in [6.45, 7) is 0. The molecule has 156 valence electrons. The topological polar surface area (TPSA) is 101 Å². The number of amides is 1. The highest BCUT2D eigenvalue weighted by Gasteiger charge is 2.13. The van der Waals surface area contributed by atoms with Crippen LogP contribution in [0.2, 0.25) is 0 Å². The van der Waals surface area contributed by atoms with Gasteiger partial charge in [0.1, 0.15) is 0 Å². The molecule has 0 saturated carbocycles. The molecule has 0 aliphatic rings. The molecule has 10 heteroatoms. The Kier molecular flexibility index (Phi) is 6.58. The number of halogens is 1. The first-order chi connectivity index (χ1) is 15.1. The molecule has 0 aliphatic carbocycles. The Bertz CT molecular complexity index is 1200. The second-order valence-corrected chi connectivity index (χ2v) is 8.38. The minimum atomic E-state index is -0.237. The molecule has 0 radical (unpaired) electrons. The predicted octanol–water partition coefficient (Wildman–Crippen LogP) is 3.88. The van der Waals surface area contributed by atoms with E-state index in [4.69, 9.17) is 0 Å². The van der Waals surface area contributed by atoms with Gasteiger partial charge in [0, 0.05) is 28.2 Å². The van der Waals surface area contributed by atoms with Crippen molar-refractivity contribution < 1.29 is 4.79 Å². The van der Waals surface area contributed by atoms with Crippen LogP contribution in [0.4, 0.5) is 0 Å². The van der Waals surface area contributed by atoms with Crippen LogP contribution in [-0.2, 0) is 11.8 Å². The number of nitrogens with zero attached hydrogens (tertiary/aromatic N) is 5. The number of hydrogen-bond donors (Lipinski definition) is 2. The number of carbonyl (C=O) groups is 1. The molecule has 4 aromatic rings. The fourth-order valence-electron chi connectivity index (χ4n) is 2.86. The Morgan fingerprint density at radius 3 is 2.71 bits per heavy atom. The van der Waals surface area contributed by atoms with Crippen molar-refractivity contribution in [2.45, 2.75) is 5.16 Å². The van der Waals surface area contributed by atoms with Crippen molar-refractivity contribution >= 4 is 39.8 Å². The summed E-state index contributed by atoms with van der Waals surface area (Å²) in [6, 6.07) is 17.6. The van der Waals surface area contributed by atoms with E-state index in [1.165, 1.54) is 11.8 Å². The zero-order valence-corrected chi connectivity index (χ0v) is 18.9. The van der Waals surface area contributed by atoms with Gasteiger partial charge >= 0.3 is 0 Å². The standard InChI is InChI=1S/C21H18BrN7OS/c1-29-20(15-7-9-17(22)10-8-15)27-28-21(29)31-13-18(30)25-23-11-16-12-24-26-19(16)14-5-3-2-4-6-14/h2-12H,13H2,1H3,(H,24,26)(H,25,30)/b23-11+. The molecule has 0 fully saturated rings. The molecule has 2 heterocycles. The Hall–Kier alpha value is -3.24. The van der Waals surface area contributed by atoms with E-state index in [1.54, 1.807) is 12.4 Å². The van der Waals surface area contributed by atoms with Gasteiger partial charge in [-0.15, -0.1) is 10.2 Å². The smallest absolute Gasteiger partial charge is 0.250 e. The van der Waals surface area contributed by atoms with E-state index in [-0.39, 0.29) is 11.7 Å². The third-order valence-electron chi connectivity index (χ3n) is 4.39. The van der Waals surface area contributed by atoms with E-state index in [0.717, 1.165) is 32.7 Å². The van der Waals surface area contributed by atoms with Gasteiger partial charge in [-0.1, -0.05) is 70.2 Å². The molecule has 2 aromatic heterocycles. The summed E-state index contributed by atoms with van der Waals surface area (Å²) in [4.78, 5) is 12.2. The van der Waals surface area contributed by atoms with Crippen LogP contribution in [-0.4, -0.2) is 42.8 Å². The van der Waals surface area contributed by atoms with Crippen molar-refractivity contribution in [3.8, 4) is 22.6 Å². The lowest BCUT2D eigenvalue weighted by molar-refractivity contribution is -0.118. The molecule has 1 amide bonds. The number of hydrogen-bond acceptors (Lipinski definition) is 6. The lowest BCUT2D eigenvalue weighted by atomic mass is 10.1. The van der Waals surface area contributed by atoms with Crippen LogP contribution in [0.1, 0.15) is 5.56 Å². The molecule has 0 aliphatic heterocycles. The number of aromatic amines is 1. The van der Waals surface area contributed by atoms with E-state index in [0.29, 0.717) is 5.16 Å². The molecule has 4 rings (SSSR count). The summed E-state index contributed by atoms with van der Waals surface area (Å²) in [5.41, 5.74) is 6.11. The third kappa shape index (κ3) is 5.09. The molecule has 0 atom stereocenters. The Morgan fingerprint density at radius 1 is 1.16 bits per heavy atom. The van der Waals surface area contributed by atoms with E-state index >= 15 is 0 Å². The van der Waals surface area contributed by atoms with Gasteiger partial charge in [0.25, 0.3) is 5.91 Å². The average Bonchev–Trinajstić information content (AvgIpc) is 3.40. The first-order valence-electron chi connectivity index (χ1n) is 9.30. The van der Waals surface area contributed by atoms with Gasteiger partial charge in [-0.25, -0.2) is 5.43 Å². The van der Waals surface area contributed by atoms with Crippen LogP contribution in [0.15, 0.2) is 75.5 Å². The normalized spacial score (nSPS) is 11.2. The van der Waals surface area contributed by atoms with Crippen molar-refractivity contribution in [2.24, 2.45) is 12.1 Å². The van der Waals surface area contributed by atoms with Crippen LogP contribution in [0.3, 0.4) is 0 Å². The monoisotopic (exact) mass is 495 g/mol. The molecular formula is C21H18BrN7OS. The summed E-state index contributed by atoms with van der Waals surface area (Å²) >= 11 is 4.72. The van der Waals surface area contributed by atoms with E-state index in [1.807, 2.05) is 66.2 Å². The molecule has 8 nitrogen and oxygen atoms in total. The van der Waals surface area contributed by atoms with Crippen molar-refractivity contribution in [2.75, 3.05) is 5.75 Å². The second kappa shape index (κ2) is 9.71.